The Bertz CT molecular complexity index is 485. The molecule has 1 aromatic carbocycles. The molecule has 116 valence electrons. The molecule has 2 rings (SSSR count). The van der Waals surface area contributed by atoms with Crippen molar-refractivity contribution >= 4 is 6.03 Å². The second-order valence-corrected chi connectivity index (χ2v) is 5.17. The first-order valence-corrected chi connectivity index (χ1v) is 7.12. The summed E-state index contributed by atoms with van der Waals surface area (Å²) in [5.41, 5.74) is 6.42. The molecule has 0 atom stereocenters. The van der Waals surface area contributed by atoms with E-state index in [1.807, 2.05) is 18.2 Å². The van der Waals surface area contributed by atoms with Crippen molar-refractivity contribution in [3.8, 4) is 11.5 Å². The summed E-state index contributed by atoms with van der Waals surface area (Å²) in [5.74, 6) is 1.47. The van der Waals surface area contributed by atoms with E-state index in [9.17, 15) is 4.79 Å². The Hall–Kier alpha value is -1.95. The van der Waals surface area contributed by atoms with Crippen LogP contribution in [0.1, 0.15) is 18.4 Å². The summed E-state index contributed by atoms with van der Waals surface area (Å²) >= 11 is 0. The first-order valence-electron chi connectivity index (χ1n) is 7.12. The second-order valence-electron chi connectivity index (χ2n) is 5.17. The van der Waals surface area contributed by atoms with Crippen molar-refractivity contribution in [2.24, 2.45) is 5.73 Å². The summed E-state index contributed by atoms with van der Waals surface area (Å²) in [4.78, 5) is 12.8. The van der Waals surface area contributed by atoms with Gasteiger partial charge in [0.15, 0.2) is 11.5 Å². The highest BCUT2D eigenvalue weighted by molar-refractivity contribution is 5.72. The molecule has 1 fully saturated rings. The molecule has 1 aliphatic rings. The lowest BCUT2D eigenvalue weighted by Gasteiger charge is -2.31. The van der Waals surface area contributed by atoms with Gasteiger partial charge < -0.3 is 25.4 Å². The largest absolute Gasteiger partial charge is 0.493 e. The van der Waals surface area contributed by atoms with Crippen LogP contribution in [0.5, 0.6) is 11.5 Å². The van der Waals surface area contributed by atoms with Crippen LogP contribution >= 0.6 is 0 Å². The molecular weight excluding hydrogens is 270 g/mol. The third kappa shape index (κ3) is 4.01. The van der Waals surface area contributed by atoms with E-state index in [1.165, 1.54) is 0 Å². The zero-order valence-electron chi connectivity index (χ0n) is 12.6. The number of urea groups is 1. The Morgan fingerprint density at radius 2 is 1.95 bits per heavy atom. The van der Waals surface area contributed by atoms with E-state index in [4.69, 9.17) is 15.2 Å². The summed E-state index contributed by atoms with van der Waals surface area (Å²) in [6, 6.07) is 5.99. The number of rotatable bonds is 5. The van der Waals surface area contributed by atoms with Crippen LogP contribution < -0.4 is 20.5 Å². The first kappa shape index (κ1) is 15.4. The van der Waals surface area contributed by atoms with E-state index >= 15 is 0 Å². The van der Waals surface area contributed by atoms with Crippen molar-refractivity contribution in [3.63, 3.8) is 0 Å². The fourth-order valence-electron chi connectivity index (χ4n) is 2.56. The highest BCUT2D eigenvalue weighted by atomic mass is 16.5. The summed E-state index contributed by atoms with van der Waals surface area (Å²) in [6.07, 6.45) is 1.85. The Morgan fingerprint density at radius 1 is 1.29 bits per heavy atom. The lowest BCUT2D eigenvalue weighted by molar-refractivity contribution is 0.185. The van der Waals surface area contributed by atoms with Gasteiger partial charge >= 0.3 is 6.03 Å². The Labute approximate surface area is 125 Å². The van der Waals surface area contributed by atoms with Gasteiger partial charge in [-0.2, -0.15) is 0 Å². The van der Waals surface area contributed by atoms with Crippen LogP contribution in [0.25, 0.3) is 0 Å². The van der Waals surface area contributed by atoms with Gasteiger partial charge in [-0.25, -0.2) is 4.79 Å². The van der Waals surface area contributed by atoms with E-state index in [2.05, 4.69) is 5.32 Å². The van der Waals surface area contributed by atoms with Crippen LogP contribution in [0.2, 0.25) is 0 Å². The van der Waals surface area contributed by atoms with Crippen molar-refractivity contribution in [1.82, 2.24) is 10.2 Å². The van der Waals surface area contributed by atoms with Crippen LogP contribution in [0.15, 0.2) is 18.2 Å². The number of likely N-dealkylation sites (tertiary alicyclic amines) is 1. The van der Waals surface area contributed by atoms with Gasteiger partial charge in [-0.3, -0.25) is 0 Å². The summed E-state index contributed by atoms with van der Waals surface area (Å²) < 4.78 is 10.5. The molecule has 0 unspecified atom stereocenters. The number of benzene rings is 1. The minimum atomic E-state index is -0.326. The molecule has 1 aliphatic heterocycles. The first-order chi connectivity index (χ1) is 10.1. The van der Waals surface area contributed by atoms with Gasteiger partial charge in [-0.15, -0.1) is 0 Å². The fraction of sp³-hybridized carbons (Fsp3) is 0.533. The van der Waals surface area contributed by atoms with Gasteiger partial charge in [0.05, 0.1) is 14.2 Å². The molecule has 0 aromatic heterocycles. The van der Waals surface area contributed by atoms with Gasteiger partial charge in [-0.1, -0.05) is 6.07 Å². The highest BCUT2D eigenvalue weighted by Gasteiger charge is 2.20. The molecule has 6 heteroatoms. The minimum Gasteiger partial charge on any atom is -0.493 e. The number of primary amides is 1. The van der Waals surface area contributed by atoms with Crippen LogP contribution in [0, 0.1) is 0 Å². The number of amides is 2. The molecule has 1 aromatic rings. The normalized spacial score (nSPS) is 15.8. The third-order valence-electron chi connectivity index (χ3n) is 3.85. The quantitative estimate of drug-likeness (QED) is 0.859. The lowest BCUT2D eigenvalue weighted by Crippen LogP contribution is -2.46. The third-order valence-corrected chi connectivity index (χ3v) is 3.85. The topological polar surface area (TPSA) is 76.8 Å². The molecule has 3 N–H and O–H groups in total. The van der Waals surface area contributed by atoms with Crippen molar-refractivity contribution in [1.29, 1.82) is 0 Å². The molecule has 6 nitrogen and oxygen atoms in total. The summed E-state index contributed by atoms with van der Waals surface area (Å²) in [5, 5.41) is 3.51. The number of nitrogens with two attached hydrogens (primary N) is 1. The van der Waals surface area contributed by atoms with E-state index < -0.39 is 0 Å². The van der Waals surface area contributed by atoms with E-state index in [0.717, 1.165) is 49.5 Å². The summed E-state index contributed by atoms with van der Waals surface area (Å²) in [7, 11) is 3.26. The van der Waals surface area contributed by atoms with Gasteiger partial charge in [0.25, 0.3) is 0 Å². The van der Waals surface area contributed by atoms with Crippen molar-refractivity contribution in [3.05, 3.63) is 23.8 Å². The number of carbonyl (C=O) groups excluding carboxylic acids is 1. The second kappa shape index (κ2) is 7.17. The Morgan fingerprint density at radius 3 is 2.52 bits per heavy atom. The average Bonchev–Trinajstić information content (AvgIpc) is 2.52. The molecule has 1 heterocycles. The van der Waals surface area contributed by atoms with Crippen LogP contribution in [-0.2, 0) is 6.54 Å². The predicted molar refractivity (Wildman–Crippen MR) is 80.6 cm³/mol. The number of nitrogens with one attached hydrogen (secondary N) is 1. The number of hydrogen-bond donors (Lipinski definition) is 2. The number of nitrogens with zero attached hydrogens (tertiary/aromatic N) is 1. The molecule has 0 radical (unpaired) electrons. The van der Waals surface area contributed by atoms with Crippen molar-refractivity contribution < 1.29 is 14.3 Å². The molecule has 21 heavy (non-hydrogen) atoms. The maximum absolute atomic E-state index is 11.1. The van der Waals surface area contributed by atoms with Gasteiger partial charge in [-0.05, 0) is 30.5 Å². The maximum Gasteiger partial charge on any atom is 0.314 e. The number of hydrogen-bond acceptors (Lipinski definition) is 4. The monoisotopic (exact) mass is 293 g/mol. The van der Waals surface area contributed by atoms with Gasteiger partial charge in [0, 0.05) is 25.7 Å². The molecular formula is C15H23N3O3. The summed E-state index contributed by atoms with van der Waals surface area (Å²) in [6.45, 7) is 2.21. The van der Waals surface area contributed by atoms with Crippen molar-refractivity contribution in [2.45, 2.75) is 25.4 Å². The molecule has 0 aliphatic carbocycles. The van der Waals surface area contributed by atoms with Crippen LogP contribution in [0.3, 0.4) is 0 Å². The molecule has 0 bridgehead atoms. The predicted octanol–water partition coefficient (Wildman–Crippen LogP) is 1.34. The van der Waals surface area contributed by atoms with Gasteiger partial charge in [0.1, 0.15) is 0 Å². The van der Waals surface area contributed by atoms with E-state index in [0.29, 0.717) is 6.04 Å². The Kier molecular flexibility index (Phi) is 5.27. The van der Waals surface area contributed by atoms with Crippen LogP contribution in [-0.4, -0.2) is 44.3 Å². The number of ether oxygens (including phenoxy) is 2. The standard InChI is InChI=1S/C15H23N3O3/c1-20-13-4-3-11(9-14(13)21-2)10-17-12-5-7-18(8-6-12)15(16)19/h3-4,9,12,17H,5-8,10H2,1-2H3,(H2,16,19). The minimum absolute atomic E-state index is 0.326. The van der Waals surface area contributed by atoms with E-state index in [-0.39, 0.29) is 6.03 Å². The smallest absolute Gasteiger partial charge is 0.314 e. The zero-order valence-corrected chi connectivity index (χ0v) is 12.6. The molecule has 1 saturated heterocycles. The number of carbonyl (C=O) groups is 1. The molecule has 0 spiro atoms. The fourth-order valence-corrected chi connectivity index (χ4v) is 2.56. The van der Waals surface area contributed by atoms with Gasteiger partial charge in [0.2, 0.25) is 0 Å². The maximum atomic E-state index is 11.1. The number of piperidine rings is 1. The molecule has 2 amide bonds. The molecule has 0 saturated carbocycles. The SMILES string of the molecule is COc1ccc(CNC2CCN(C(N)=O)CC2)cc1OC. The van der Waals surface area contributed by atoms with Crippen LogP contribution in [0.4, 0.5) is 4.79 Å². The lowest BCUT2D eigenvalue weighted by atomic mass is 10.0. The van der Waals surface area contributed by atoms with Crippen molar-refractivity contribution in [2.75, 3.05) is 27.3 Å². The number of methoxy groups -OCH3 is 2. The highest BCUT2D eigenvalue weighted by Crippen LogP contribution is 2.27. The zero-order chi connectivity index (χ0) is 15.2. The Balaban J connectivity index is 1.85. The van der Waals surface area contributed by atoms with E-state index in [1.54, 1.807) is 19.1 Å². The average molecular weight is 293 g/mol.